The van der Waals surface area contributed by atoms with Crippen molar-refractivity contribution in [1.29, 1.82) is 0 Å². The molecule has 41 heavy (non-hydrogen) atoms. The number of rotatable bonds is 4. The van der Waals surface area contributed by atoms with Crippen LogP contribution in [-0.2, 0) is 29.1 Å². The number of amides is 2. The number of halogens is 1. The van der Waals surface area contributed by atoms with Crippen molar-refractivity contribution in [2.45, 2.75) is 24.7 Å². The fourth-order valence-corrected chi connectivity index (χ4v) is 7.24. The Balaban J connectivity index is 1.21. The van der Waals surface area contributed by atoms with Gasteiger partial charge in [-0.1, -0.05) is 36.4 Å². The second kappa shape index (κ2) is 9.61. The van der Waals surface area contributed by atoms with Gasteiger partial charge < -0.3 is 18.9 Å². The van der Waals surface area contributed by atoms with E-state index >= 15 is 0 Å². The Hall–Kier alpha value is -4.39. The van der Waals surface area contributed by atoms with Crippen molar-refractivity contribution >= 4 is 39.3 Å². The number of benzene rings is 3. The zero-order valence-electron chi connectivity index (χ0n) is 23.4. The molecule has 0 bridgehead atoms. The van der Waals surface area contributed by atoms with Gasteiger partial charge >= 0.3 is 0 Å². The smallest absolute Gasteiger partial charge is 0.228 e. The molecular weight excluding hydrogens is 515 g/mol. The van der Waals surface area contributed by atoms with Crippen molar-refractivity contribution in [3.05, 3.63) is 102 Å². The van der Waals surface area contributed by atoms with Crippen LogP contribution in [0.5, 0.6) is 0 Å². The van der Waals surface area contributed by atoms with Crippen LogP contribution in [0.1, 0.15) is 30.4 Å². The maximum atomic E-state index is 13.8. The summed E-state index contributed by atoms with van der Waals surface area (Å²) in [7, 11) is 4.20. The lowest BCUT2D eigenvalue weighted by molar-refractivity contribution is -0.137. The molecule has 2 amide bonds. The first-order valence-corrected chi connectivity index (χ1v) is 14.3. The normalized spacial score (nSPS) is 19.0. The molecule has 4 heterocycles. The summed E-state index contributed by atoms with van der Waals surface area (Å²) in [5.74, 6) is -0.794. The van der Waals surface area contributed by atoms with Gasteiger partial charge in [0.05, 0.1) is 5.92 Å². The predicted octanol–water partition coefficient (Wildman–Crippen LogP) is 5.77. The van der Waals surface area contributed by atoms with Gasteiger partial charge in [-0.3, -0.25) is 9.59 Å². The highest BCUT2D eigenvalue weighted by molar-refractivity contribution is 6.00. The molecule has 1 atom stereocenters. The third-order valence-corrected chi connectivity index (χ3v) is 9.37. The van der Waals surface area contributed by atoms with E-state index < -0.39 is 5.92 Å². The number of para-hydroxylation sites is 2. The molecule has 0 radical (unpaired) electrons. The van der Waals surface area contributed by atoms with Gasteiger partial charge in [0.15, 0.2) is 0 Å². The highest BCUT2D eigenvalue weighted by atomic mass is 19.1. The molecule has 2 saturated heterocycles. The second-order valence-corrected chi connectivity index (χ2v) is 11.6. The average molecular weight is 549 g/mol. The van der Waals surface area contributed by atoms with Gasteiger partial charge in [-0.05, 0) is 60.4 Å². The van der Waals surface area contributed by atoms with Crippen molar-refractivity contribution in [1.82, 2.24) is 14.0 Å². The van der Waals surface area contributed by atoms with Crippen LogP contribution in [0.4, 0.5) is 10.1 Å². The molecule has 2 fully saturated rings. The Morgan fingerprint density at radius 2 is 1.34 bits per heavy atom. The molecule has 208 valence electrons. The zero-order valence-corrected chi connectivity index (χ0v) is 23.4. The molecule has 0 aliphatic carbocycles. The molecule has 3 aromatic carbocycles. The number of aromatic nitrogens is 2. The van der Waals surface area contributed by atoms with Gasteiger partial charge in [0.2, 0.25) is 11.8 Å². The monoisotopic (exact) mass is 548 g/mol. The maximum Gasteiger partial charge on any atom is 0.228 e. The van der Waals surface area contributed by atoms with E-state index in [9.17, 15) is 14.0 Å². The van der Waals surface area contributed by atoms with Crippen LogP contribution in [0.3, 0.4) is 0 Å². The number of nitrogens with zero attached hydrogens (tertiary/aromatic N) is 4. The van der Waals surface area contributed by atoms with Gasteiger partial charge in [-0.25, -0.2) is 4.39 Å². The van der Waals surface area contributed by atoms with E-state index in [2.05, 4.69) is 84.2 Å². The first-order chi connectivity index (χ1) is 19.9. The number of likely N-dealkylation sites (tertiary alicyclic amines) is 1. The molecular formula is C34H33FN4O2. The number of hydrogen-bond acceptors (Lipinski definition) is 2. The van der Waals surface area contributed by atoms with Gasteiger partial charge in [0.25, 0.3) is 0 Å². The van der Waals surface area contributed by atoms with Crippen LogP contribution >= 0.6 is 0 Å². The minimum absolute atomic E-state index is 0.0346. The van der Waals surface area contributed by atoms with E-state index in [0.717, 1.165) is 12.8 Å². The van der Waals surface area contributed by atoms with Gasteiger partial charge in [0, 0.05) is 85.5 Å². The number of aryl methyl sites for hydroxylation is 2. The zero-order chi connectivity index (χ0) is 28.3. The van der Waals surface area contributed by atoms with Crippen LogP contribution in [-0.4, -0.2) is 45.5 Å². The Kier molecular flexibility index (Phi) is 6.00. The van der Waals surface area contributed by atoms with Crippen molar-refractivity contribution in [2.75, 3.05) is 24.5 Å². The Labute approximate surface area is 238 Å². The minimum Gasteiger partial charge on any atom is -0.350 e. The summed E-state index contributed by atoms with van der Waals surface area (Å²) < 4.78 is 17.9. The summed E-state index contributed by atoms with van der Waals surface area (Å²) >= 11 is 0. The molecule has 0 spiro atoms. The number of hydrogen-bond donors (Lipinski definition) is 0. The van der Waals surface area contributed by atoms with Gasteiger partial charge in [-0.15, -0.1) is 0 Å². The molecule has 2 aliphatic heterocycles. The van der Waals surface area contributed by atoms with Crippen molar-refractivity contribution in [3.63, 3.8) is 0 Å². The third-order valence-electron chi connectivity index (χ3n) is 9.37. The Bertz CT molecular complexity index is 1710. The molecule has 2 aliphatic rings. The number of fused-ring (bicyclic) bond motifs is 2. The number of carbonyl (C=O) groups excluding carboxylic acids is 2. The molecule has 5 aromatic rings. The summed E-state index contributed by atoms with van der Waals surface area (Å²) in [4.78, 5) is 30.2. The van der Waals surface area contributed by atoms with E-state index in [-0.39, 0.29) is 29.5 Å². The quantitative estimate of drug-likeness (QED) is 0.286. The summed E-state index contributed by atoms with van der Waals surface area (Å²) in [6, 6.07) is 23.0. The first kappa shape index (κ1) is 25.6. The van der Waals surface area contributed by atoms with E-state index in [1.807, 2.05) is 4.90 Å². The SMILES string of the molecule is Cn1cc(C2(c3cn(C)c4ccccc34)CCN(C(=O)[C@@H]3CC(=O)N(c4ccc(F)cc4)C3)CC2)c2ccccc21. The lowest BCUT2D eigenvalue weighted by atomic mass is 9.67. The summed E-state index contributed by atoms with van der Waals surface area (Å²) in [5, 5.41) is 2.50. The van der Waals surface area contributed by atoms with Crippen LogP contribution in [0.2, 0.25) is 0 Å². The number of carbonyl (C=O) groups is 2. The van der Waals surface area contributed by atoms with Crippen molar-refractivity contribution < 1.29 is 14.0 Å². The molecule has 7 rings (SSSR count). The lowest BCUT2D eigenvalue weighted by Crippen LogP contribution is -2.48. The fraction of sp³-hybridized carbons (Fsp3) is 0.294. The van der Waals surface area contributed by atoms with Crippen LogP contribution < -0.4 is 4.90 Å². The topological polar surface area (TPSA) is 50.5 Å². The summed E-state index contributed by atoms with van der Waals surface area (Å²) in [5.41, 5.74) is 5.38. The highest BCUT2D eigenvalue weighted by Gasteiger charge is 2.44. The summed E-state index contributed by atoms with van der Waals surface area (Å²) in [6.07, 6.45) is 6.33. The predicted molar refractivity (Wildman–Crippen MR) is 159 cm³/mol. The van der Waals surface area contributed by atoms with Crippen LogP contribution in [0.15, 0.2) is 85.2 Å². The van der Waals surface area contributed by atoms with E-state index in [1.54, 1.807) is 17.0 Å². The lowest BCUT2D eigenvalue weighted by Gasteiger charge is -2.43. The number of anilines is 1. The van der Waals surface area contributed by atoms with Crippen molar-refractivity contribution in [3.8, 4) is 0 Å². The molecule has 0 unspecified atom stereocenters. The number of piperidine rings is 1. The maximum absolute atomic E-state index is 13.8. The van der Waals surface area contributed by atoms with E-state index in [4.69, 9.17) is 0 Å². The van der Waals surface area contributed by atoms with Gasteiger partial charge in [-0.2, -0.15) is 0 Å². The fourth-order valence-electron chi connectivity index (χ4n) is 7.24. The van der Waals surface area contributed by atoms with Crippen molar-refractivity contribution in [2.24, 2.45) is 20.0 Å². The Morgan fingerprint density at radius 3 is 1.90 bits per heavy atom. The molecule has 0 saturated carbocycles. The average Bonchev–Trinajstić information content (AvgIpc) is 3.67. The van der Waals surface area contributed by atoms with Gasteiger partial charge in [0.1, 0.15) is 5.82 Å². The largest absolute Gasteiger partial charge is 0.350 e. The molecule has 0 N–H and O–H groups in total. The molecule has 2 aromatic heterocycles. The second-order valence-electron chi connectivity index (χ2n) is 11.6. The third kappa shape index (κ3) is 4.05. The minimum atomic E-state index is -0.393. The van der Waals surface area contributed by atoms with Crippen LogP contribution in [0.25, 0.3) is 21.8 Å². The molecule has 7 heteroatoms. The van der Waals surface area contributed by atoms with Crippen LogP contribution in [0, 0.1) is 11.7 Å². The van der Waals surface area contributed by atoms with E-state index in [1.165, 1.54) is 45.1 Å². The Morgan fingerprint density at radius 1 is 0.805 bits per heavy atom. The first-order valence-electron chi connectivity index (χ1n) is 14.3. The molecule has 6 nitrogen and oxygen atoms in total. The highest BCUT2D eigenvalue weighted by Crippen LogP contribution is 2.48. The van der Waals surface area contributed by atoms with E-state index in [0.29, 0.717) is 25.3 Å². The summed E-state index contributed by atoms with van der Waals surface area (Å²) in [6.45, 7) is 1.57. The standard InChI is InChI=1S/C34H33FN4O2/c1-36-21-28(26-7-3-5-9-30(26)36)34(29-22-37(2)31-10-6-4-8-27(29)31)15-17-38(18-16-34)33(41)23-19-32(40)39(20-23)25-13-11-24(35)12-14-25/h3-14,21-23H,15-20H2,1-2H3/t23-/m1/s1.